The molecule has 1 unspecified atom stereocenters. The molecular formula is C32H63N. The smallest absolute Gasteiger partial charge is 0.0621 e. The fourth-order valence-electron chi connectivity index (χ4n) is 5.12. The molecule has 0 aromatic heterocycles. The Morgan fingerprint density at radius 1 is 0.424 bits per heavy atom. The van der Waals surface area contributed by atoms with Crippen LogP contribution < -0.4 is 0 Å². The minimum absolute atomic E-state index is 0.749. The van der Waals surface area contributed by atoms with Crippen molar-refractivity contribution in [1.82, 2.24) is 0 Å². The van der Waals surface area contributed by atoms with Crippen LogP contribution in [0.25, 0.3) is 0 Å². The highest BCUT2D eigenvalue weighted by atomic mass is 14.2. The van der Waals surface area contributed by atoms with Gasteiger partial charge in [-0.2, -0.15) is 5.26 Å². The van der Waals surface area contributed by atoms with Gasteiger partial charge in [-0.25, -0.2) is 0 Å². The minimum atomic E-state index is 0.749. The van der Waals surface area contributed by atoms with Crippen LogP contribution in [0.2, 0.25) is 0 Å². The highest BCUT2D eigenvalue weighted by Gasteiger charge is 2.02. The van der Waals surface area contributed by atoms with E-state index in [0.717, 1.165) is 18.8 Å². The molecule has 0 bridgehead atoms. The van der Waals surface area contributed by atoms with Crippen molar-refractivity contribution in [3.8, 4) is 6.07 Å². The number of nitriles is 1. The van der Waals surface area contributed by atoms with E-state index in [4.69, 9.17) is 5.26 Å². The Kier molecular flexibility index (Phi) is 29.1. The number of hydrogen-bond donors (Lipinski definition) is 0. The zero-order chi connectivity index (χ0) is 24.1. The number of unbranched alkanes of at least 4 members (excludes halogenated alkanes) is 24. The van der Waals surface area contributed by atoms with Crippen molar-refractivity contribution in [2.24, 2.45) is 5.92 Å². The van der Waals surface area contributed by atoms with Gasteiger partial charge in [0.1, 0.15) is 0 Å². The van der Waals surface area contributed by atoms with Crippen molar-refractivity contribution in [1.29, 1.82) is 5.26 Å². The molecule has 196 valence electrons. The number of rotatable bonds is 28. The fourth-order valence-corrected chi connectivity index (χ4v) is 5.12. The molecule has 0 amide bonds. The van der Waals surface area contributed by atoms with E-state index >= 15 is 0 Å². The highest BCUT2D eigenvalue weighted by Crippen LogP contribution is 2.19. The van der Waals surface area contributed by atoms with Crippen molar-refractivity contribution >= 4 is 0 Å². The first-order valence-corrected chi connectivity index (χ1v) is 15.7. The lowest BCUT2D eigenvalue weighted by Crippen LogP contribution is -1.95. The normalized spacial score (nSPS) is 12.2. The van der Waals surface area contributed by atoms with Gasteiger partial charge in [0.2, 0.25) is 0 Å². The molecule has 0 aromatic carbocycles. The Morgan fingerprint density at radius 3 is 1.00 bits per heavy atom. The fraction of sp³-hybridized carbons (Fsp3) is 0.969. The molecule has 0 heterocycles. The van der Waals surface area contributed by atoms with E-state index in [2.05, 4.69) is 19.9 Å². The maximum Gasteiger partial charge on any atom is 0.0621 e. The summed E-state index contributed by atoms with van der Waals surface area (Å²) in [6, 6.07) is 2.24. The lowest BCUT2D eigenvalue weighted by atomic mass is 9.95. The number of nitrogens with zero attached hydrogens (tertiary/aromatic N) is 1. The first-order valence-electron chi connectivity index (χ1n) is 15.7. The molecule has 0 aromatic rings. The van der Waals surface area contributed by atoms with Gasteiger partial charge in [-0.05, 0) is 12.3 Å². The molecule has 0 saturated heterocycles. The molecule has 0 saturated carbocycles. The standard InChI is InChI=1S/C32H63N/c1-3-4-5-6-7-20-23-26-29-32(2)30-27-24-21-18-16-14-12-10-8-9-11-13-15-17-19-22-25-28-31-33/h32H,3-30H2,1-2H3. The van der Waals surface area contributed by atoms with Crippen molar-refractivity contribution < 1.29 is 0 Å². The van der Waals surface area contributed by atoms with Gasteiger partial charge >= 0.3 is 0 Å². The maximum atomic E-state index is 8.52. The third-order valence-corrected chi connectivity index (χ3v) is 7.54. The SMILES string of the molecule is CCCCCCCCCCC(C)CCCCCCCCCCCCCCCCCCCC#N. The second-order valence-electron chi connectivity index (χ2n) is 11.1. The Balaban J connectivity index is 3.11. The molecule has 0 radical (unpaired) electrons. The lowest BCUT2D eigenvalue weighted by Gasteiger charge is -2.11. The van der Waals surface area contributed by atoms with E-state index in [9.17, 15) is 0 Å². The molecule has 1 nitrogen and oxygen atoms in total. The zero-order valence-electron chi connectivity index (χ0n) is 23.3. The van der Waals surface area contributed by atoms with Gasteiger partial charge in [0.25, 0.3) is 0 Å². The predicted molar refractivity (Wildman–Crippen MR) is 150 cm³/mol. The molecule has 0 spiro atoms. The second-order valence-corrected chi connectivity index (χ2v) is 11.1. The summed E-state index contributed by atoms with van der Waals surface area (Å²) in [4.78, 5) is 0. The van der Waals surface area contributed by atoms with E-state index in [1.165, 1.54) is 167 Å². The summed E-state index contributed by atoms with van der Waals surface area (Å²) in [5.41, 5.74) is 0. The van der Waals surface area contributed by atoms with Crippen molar-refractivity contribution in [3.63, 3.8) is 0 Å². The molecule has 0 aliphatic rings. The molecular weight excluding hydrogens is 398 g/mol. The van der Waals surface area contributed by atoms with Crippen LogP contribution in [-0.2, 0) is 0 Å². The van der Waals surface area contributed by atoms with Gasteiger partial charge in [-0.3, -0.25) is 0 Å². The monoisotopic (exact) mass is 461 g/mol. The summed E-state index contributed by atoms with van der Waals surface area (Å²) in [6.45, 7) is 4.79. The Morgan fingerprint density at radius 2 is 0.697 bits per heavy atom. The summed E-state index contributed by atoms with van der Waals surface area (Å²) in [6.07, 6.45) is 39.3. The molecule has 1 heteroatoms. The van der Waals surface area contributed by atoms with Crippen molar-refractivity contribution in [2.45, 2.75) is 194 Å². The number of hydrogen-bond acceptors (Lipinski definition) is 1. The van der Waals surface area contributed by atoms with Gasteiger partial charge in [0.05, 0.1) is 6.07 Å². The molecule has 1 atom stereocenters. The molecule has 0 rings (SSSR count). The summed E-state index contributed by atoms with van der Waals surface area (Å²) in [5, 5.41) is 8.52. The summed E-state index contributed by atoms with van der Waals surface area (Å²) in [7, 11) is 0. The largest absolute Gasteiger partial charge is 0.198 e. The van der Waals surface area contributed by atoms with E-state index in [1.807, 2.05) is 0 Å². The molecule has 33 heavy (non-hydrogen) atoms. The van der Waals surface area contributed by atoms with Gasteiger partial charge in [0.15, 0.2) is 0 Å². The summed E-state index contributed by atoms with van der Waals surface area (Å²) in [5.74, 6) is 0.958. The van der Waals surface area contributed by atoms with Crippen LogP contribution >= 0.6 is 0 Å². The predicted octanol–water partition coefficient (Wildman–Crippen LogP) is 12.1. The first kappa shape index (κ1) is 32.5. The van der Waals surface area contributed by atoms with E-state index in [1.54, 1.807) is 0 Å². The van der Waals surface area contributed by atoms with Crippen LogP contribution in [0.1, 0.15) is 194 Å². The summed E-state index contributed by atoms with van der Waals surface area (Å²) < 4.78 is 0. The molecule has 0 aliphatic carbocycles. The molecule has 0 aliphatic heterocycles. The average molecular weight is 462 g/mol. The lowest BCUT2D eigenvalue weighted by molar-refractivity contribution is 0.430. The van der Waals surface area contributed by atoms with Crippen LogP contribution in [0.5, 0.6) is 0 Å². The topological polar surface area (TPSA) is 23.8 Å². The van der Waals surface area contributed by atoms with E-state index < -0.39 is 0 Å². The maximum absolute atomic E-state index is 8.52. The van der Waals surface area contributed by atoms with E-state index in [0.29, 0.717) is 0 Å². The van der Waals surface area contributed by atoms with Crippen LogP contribution in [0, 0.1) is 17.2 Å². The van der Waals surface area contributed by atoms with Crippen LogP contribution in [0.4, 0.5) is 0 Å². The molecule has 0 N–H and O–H groups in total. The summed E-state index contributed by atoms with van der Waals surface area (Å²) >= 11 is 0. The van der Waals surface area contributed by atoms with Crippen molar-refractivity contribution in [3.05, 3.63) is 0 Å². The van der Waals surface area contributed by atoms with Crippen LogP contribution in [0.15, 0.2) is 0 Å². The van der Waals surface area contributed by atoms with Gasteiger partial charge in [-0.15, -0.1) is 0 Å². The van der Waals surface area contributed by atoms with Crippen molar-refractivity contribution in [2.75, 3.05) is 0 Å². The van der Waals surface area contributed by atoms with E-state index in [-0.39, 0.29) is 0 Å². The quantitative estimate of drug-likeness (QED) is 0.106. The van der Waals surface area contributed by atoms with Crippen LogP contribution in [-0.4, -0.2) is 0 Å². The Bertz CT molecular complexity index is 382. The van der Waals surface area contributed by atoms with Gasteiger partial charge in [0, 0.05) is 6.42 Å². The minimum Gasteiger partial charge on any atom is -0.198 e. The third kappa shape index (κ3) is 29.5. The zero-order valence-corrected chi connectivity index (χ0v) is 23.3. The Labute approximate surface area is 210 Å². The highest BCUT2D eigenvalue weighted by molar-refractivity contribution is 4.67. The van der Waals surface area contributed by atoms with Crippen LogP contribution in [0.3, 0.4) is 0 Å². The third-order valence-electron chi connectivity index (χ3n) is 7.54. The molecule has 0 fully saturated rings. The average Bonchev–Trinajstić information content (AvgIpc) is 2.82. The first-order chi connectivity index (χ1) is 16.3. The second kappa shape index (κ2) is 29.5. The van der Waals surface area contributed by atoms with Gasteiger partial charge < -0.3 is 0 Å². The van der Waals surface area contributed by atoms with Gasteiger partial charge in [-0.1, -0.05) is 181 Å². The Hall–Kier alpha value is -0.510.